The van der Waals surface area contributed by atoms with Crippen LogP contribution < -0.4 is 10.2 Å². The van der Waals surface area contributed by atoms with Gasteiger partial charge in [0.2, 0.25) is 0 Å². The van der Waals surface area contributed by atoms with Crippen LogP contribution in [-0.4, -0.2) is 12.8 Å². The van der Waals surface area contributed by atoms with Gasteiger partial charge in [0.05, 0.1) is 11.5 Å². The molecule has 0 spiro atoms. The number of benzene rings is 1. The van der Waals surface area contributed by atoms with Crippen LogP contribution in [-0.2, 0) is 0 Å². The van der Waals surface area contributed by atoms with E-state index in [0.717, 1.165) is 11.6 Å². The topological polar surface area (TPSA) is 39.4 Å². The van der Waals surface area contributed by atoms with E-state index in [9.17, 15) is 18.0 Å². The number of halogens is 3. The highest BCUT2D eigenvalue weighted by Gasteiger charge is 2.22. The molecule has 0 fully saturated rings. The molecule has 0 amide bonds. The Kier molecular flexibility index (Phi) is 3.27. The van der Waals surface area contributed by atoms with Crippen LogP contribution in [0.5, 0.6) is 5.95 Å². The van der Waals surface area contributed by atoms with E-state index in [1.54, 1.807) is 25.1 Å². The van der Waals surface area contributed by atoms with Crippen LogP contribution in [0.1, 0.15) is 5.56 Å². The highest BCUT2D eigenvalue weighted by molar-refractivity contribution is 5.77. The van der Waals surface area contributed by atoms with Gasteiger partial charge in [0.25, 0.3) is 5.95 Å². The maximum absolute atomic E-state index is 12.7. The molecule has 0 bridgehead atoms. The number of hydrogen-bond acceptors (Lipinski definition) is 3. The highest BCUT2D eigenvalue weighted by atomic mass is 19.3. The maximum atomic E-state index is 12.7. The summed E-state index contributed by atoms with van der Waals surface area (Å²) in [6, 6.07) is 5.63. The van der Waals surface area contributed by atoms with E-state index in [1.165, 1.54) is 0 Å². The minimum atomic E-state index is -3.30. The first kappa shape index (κ1) is 12.5. The summed E-state index contributed by atoms with van der Waals surface area (Å²) < 4.78 is 45.9. The Morgan fingerprint density at radius 1 is 1.22 bits per heavy atom. The second-order valence-electron chi connectivity index (χ2n) is 3.73. The van der Waals surface area contributed by atoms with Crippen molar-refractivity contribution in [2.45, 2.75) is 19.7 Å². The van der Waals surface area contributed by atoms with E-state index in [-0.39, 0.29) is 11.0 Å². The minimum absolute atomic E-state index is 0.166. The van der Waals surface area contributed by atoms with Gasteiger partial charge in [0, 0.05) is 0 Å². The molecular formula is C12H9F3O3. The van der Waals surface area contributed by atoms with Crippen LogP contribution in [0, 0.1) is 6.92 Å². The maximum Gasteiger partial charge on any atom is 0.304 e. The molecule has 1 aromatic heterocycles. The van der Waals surface area contributed by atoms with E-state index in [2.05, 4.69) is 4.74 Å². The predicted octanol–water partition coefficient (Wildman–Crippen LogP) is 3.04. The zero-order valence-electron chi connectivity index (χ0n) is 9.32. The van der Waals surface area contributed by atoms with Crippen molar-refractivity contribution < 1.29 is 22.3 Å². The molecule has 3 nitrogen and oxygen atoms in total. The number of fused-ring (bicyclic) bond motifs is 1. The average Bonchev–Trinajstić information content (AvgIpc) is 2.27. The Morgan fingerprint density at radius 2 is 1.94 bits per heavy atom. The number of alkyl halides is 3. The Morgan fingerprint density at radius 3 is 2.61 bits per heavy atom. The number of aryl methyl sites for hydroxylation is 1. The van der Waals surface area contributed by atoms with Gasteiger partial charge in [-0.2, -0.15) is 4.39 Å². The molecule has 2 rings (SSSR count). The lowest BCUT2D eigenvalue weighted by molar-refractivity contribution is -0.0767. The molecule has 18 heavy (non-hydrogen) atoms. The van der Waals surface area contributed by atoms with Crippen molar-refractivity contribution in [2.75, 3.05) is 0 Å². The lowest BCUT2D eigenvalue weighted by atomic mass is 10.2. The second-order valence-corrected chi connectivity index (χ2v) is 3.73. The van der Waals surface area contributed by atoms with Gasteiger partial charge in [-0.15, -0.1) is 0 Å². The second kappa shape index (κ2) is 4.72. The Bertz CT molecular complexity index is 621. The fraction of sp³-hybridized carbons (Fsp3) is 0.250. The summed E-state index contributed by atoms with van der Waals surface area (Å²) >= 11 is 0. The van der Waals surface area contributed by atoms with E-state index in [0.29, 0.717) is 0 Å². The van der Waals surface area contributed by atoms with E-state index < -0.39 is 24.2 Å². The van der Waals surface area contributed by atoms with E-state index >= 15 is 0 Å². The molecule has 0 aliphatic rings. The third-order valence-corrected chi connectivity index (χ3v) is 2.29. The van der Waals surface area contributed by atoms with Gasteiger partial charge < -0.3 is 9.15 Å². The standard InChI is InChI=1S/C12H9F3O3/c1-6-2-3-7-8(16)5-10(17-9(7)4-6)18-12(15)11(13)14/h2-5,11-12H,1H3. The molecule has 96 valence electrons. The first-order valence-electron chi connectivity index (χ1n) is 5.11. The van der Waals surface area contributed by atoms with Crippen LogP contribution in [0.3, 0.4) is 0 Å². The van der Waals surface area contributed by atoms with Gasteiger partial charge in [0.15, 0.2) is 5.43 Å². The molecule has 0 N–H and O–H groups in total. The molecule has 2 aromatic rings. The Balaban J connectivity index is 2.45. The molecule has 0 aliphatic heterocycles. The van der Waals surface area contributed by atoms with Crippen LogP contribution in [0.2, 0.25) is 0 Å². The van der Waals surface area contributed by atoms with Gasteiger partial charge in [-0.25, -0.2) is 8.78 Å². The fourth-order valence-electron chi connectivity index (χ4n) is 1.46. The molecular weight excluding hydrogens is 249 g/mol. The van der Waals surface area contributed by atoms with Gasteiger partial charge in [-0.1, -0.05) is 6.07 Å². The smallest absolute Gasteiger partial charge is 0.304 e. The first-order valence-corrected chi connectivity index (χ1v) is 5.11. The van der Waals surface area contributed by atoms with Crippen molar-refractivity contribution in [3.8, 4) is 5.95 Å². The third kappa shape index (κ3) is 2.47. The van der Waals surface area contributed by atoms with Gasteiger partial charge in [-0.05, 0) is 24.6 Å². The molecule has 1 atom stereocenters. The van der Waals surface area contributed by atoms with Crippen LogP contribution in [0.25, 0.3) is 11.0 Å². The predicted molar refractivity (Wildman–Crippen MR) is 58.7 cm³/mol. The molecule has 0 aliphatic carbocycles. The number of rotatable bonds is 3. The lowest BCUT2D eigenvalue weighted by Gasteiger charge is -2.09. The molecule has 0 saturated carbocycles. The summed E-state index contributed by atoms with van der Waals surface area (Å²) in [6.45, 7) is 1.77. The van der Waals surface area contributed by atoms with Crippen LogP contribution in [0.4, 0.5) is 13.2 Å². The summed E-state index contributed by atoms with van der Waals surface area (Å²) in [5.74, 6) is -0.564. The summed E-state index contributed by atoms with van der Waals surface area (Å²) in [6.07, 6.45) is -6.13. The zero-order valence-corrected chi connectivity index (χ0v) is 9.32. The monoisotopic (exact) mass is 258 g/mol. The normalized spacial score (nSPS) is 12.9. The largest absolute Gasteiger partial charge is 0.425 e. The molecule has 1 aromatic carbocycles. The average molecular weight is 258 g/mol. The molecule has 1 unspecified atom stereocenters. The summed E-state index contributed by atoms with van der Waals surface area (Å²) in [7, 11) is 0. The SMILES string of the molecule is Cc1ccc2c(=O)cc(OC(F)C(F)F)oc2c1. The van der Waals surface area contributed by atoms with Crippen LogP contribution >= 0.6 is 0 Å². The third-order valence-electron chi connectivity index (χ3n) is 2.29. The lowest BCUT2D eigenvalue weighted by Crippen LogP contribution is -2.20. The van der Waals surface area contributed by atoms with Crippen molar-refractivity contribution in [3.05, 3.63) is 40.1 Å². The minimum Gasteiger partial charge on any atom is -0.425 e. The van der Waals surface area contributed by atoms with Crippen molar-refractivity contribution in [2.24, 2.45) is 0 Å². The fourth-order valence-corrected chi connectivity index (χ4v) is 1.46. The summed E-state index contributed by atoms with van der Waals surface area (Å²) in [5.41, 5.74) is 0.500. The highest BCUT2D eigenvalue weighted by Crippen LogP contribution is 2.21. The zero-order chi connectivity index (χ0) is 13.3. The molecule has 0 radical (unpaired) electrons. The van der Waals surface area contributed by atoms with Crippen LogP contribution in [0.15, 0.2) is 33.5 Å². The Labute approximate surface area is 99.8 Å². The molecule has 1 heterocycles. The molecule has 6 heteroatoms. The van der Waals surface area contributed by atoms with Gasteiger partial charge in [0.1, 0.15) is 5.58 Å². The Hall–Kier alpha value is -1.98. The number of ether oxygens (including phenoxy) is 1. The van der Waals surface area contributed by atoms with Crippen molar-refractivity contribution in [3.63, 3.8) is 0 Å². The summed E-state index contributed by atoms with van der Waals surface area (Å²) in [5, 5.41) is 0.278. The van der Waals surface area contributed by atoms with Crippen molar-refractivity contribution in [1.82, 2.24) is 0 Å². The van der Waals surface area contributed by atoms with E-state index in [1.807, 2.05) is 0 Å². The first-order chi connectivity index (χ1) is 8.47. The van der Waals surface area contributed by atoms with Gasteiger partial charge >= 0.3 is 12.8 Å². The number of hydrogen-bond donors (Lipinski definition) is 0. The van der Waals surface area contributed by atoms with E-state index in [4.69, 9.17) is 4.42 Å². The summed E-state index contributed by atoms with van der Waals surface area (Å²) in [4.78, 5) is 11.6. The van der Waals surface area contributed by atoms with Crippen molar-refractivity contribution in [1.29, 1.82) is 0 Å². The quantitative estimate of drug-likeness (QED) is 0.849. The van der Waals surface area contributed by atoms with Crippen molar-refractivity contribution >= 4 is 11.0 Å². The van der Waals surface area contributed by atoms with Gasteiger partial charge in [-0.3, -0.25) is 4.79 Å². The molecule has 0 saturated heterocycles.